The number of H-pyrrole nitrogens is 1. The van der Waals surface area contributed by atoms with Gasteiger partial charge in [-0.3, -0.25) is 4.79 Å². The highest BCUT2D eigenvalue weighted by molar-refractivity contribution is 7.08. The van der Waals surface area contributed by atoms with Crippen LogP contribution in [0.1, 0.15) is 26.6 Å². The third kappa shape index (κ3) is 2.49. The third-order valence-corrected chi connectivity index (χ3v) is 4.34. The van der Waals surface area contributed by atoms with Crippen LogP contribution in [0, 0.1) is 6.92 Å². The van der Waals surface area contributed by atoms with Crippen molar-refractivity contribution in [3.8, 4) is 0 Å². The van der Waals surface area contributed by atoms with Crippen molar-refractivity contribution in [3.05, 3.63) is 45.1 Å². The first kappa shape index (κ1) is 14.7. The van der Waals surface area contributed by atoms with Gasteiger partial charge in [0.05, 0.1) is 11.4 Å². The van der Waals surface area contributed by atoms with E-state index >= 15 is 0 Å². The molecule has 0 saturated carbocycles. The van der Waals surface area contributed by atoms with E-state index < -0.39 is 5.97 Å². The fourth-order valence-electron chi connectivity index (χ4n) is 2.30. The Morgan fingerprint density at radius 2 is 2.18 bits per heavy atom. The molecule has 6 nitrogen and oxygen atoms in total. The summed E-state index contributed by atoms with van der Waals surface area (Å²) in [5, 5.41) is 15.9. The zero-order valence-electron chi connectivity index (χ0n) is 11.3. The molecule has 0 fully saturated rings. The van der Waals surface area contributed by atoms with Crippen LogP contribution in [0.4, 0.5) is 0 Å². The molecular formula is C14H9ClN3O3S-. The number of ketones is 1. The normalized spacial score (nSPS) is 11.0. The lowest BCUT2D eigenvalue weighted by atomic mass is 10.0. The summed E-state index contributed by atoms with van der Waals surface area (Å²) in [4.78, 5) is 27.0. The maximum atomic E-state index is 12.6. The molecule has 0 atom stereocenters. The van der Waals surface area contributed by atoms with Crippen molar-refractivity contribution in [3.63, 3.8) is 0 Å². The van der Waals surface area contributed by atoms with Gasteiger partial charge in [-0.2, -0.15) is 0 Å². The lowest BCUT2D eigenvalue weighted by Gasteiger charge is -2.04. The Labute approximate surface area is 133 Å². The monoisotopic (exact) mass is 334 g/mol. The van der Waals surface area contributed by atoms with Crippen molar-refractivity contribution in [1.82, 2.24) is 14.6 Å². The second-order valence-electron chi connectivity index (χ2n) is 4.73. The molecule has 0 aliphatic carbocycles. The predicted octanol–water partition coefficient (Wildman–Crippen LogP) is 1.50. The van der Waals surface area contributed by atoms with Crippen LogP contribution in [0.15, 0.2) is 18.2 Å². The van der Waals surface area contributed by atoms with Crippen LogP contribution in [0.3, 0.4) is 0 Å². The predicted molar refractivity (Wildman–Crippen MR) is 80.1 cm³/mol. The number of benzene rings is 1. The molecule has 0 aliphatic heterocycles. The van der Waals surface area contributed by atoms with Crippen molar-refractivity contribution >= 4 is 45.8 Å². The largest absolute Gasteiger partial charge is 0.550 e. The summed E-state index contributed by atoms with van der Waals surface area (Å²) >= 11 is 6.91. The number of halogens is 1. The molecule has 22 heavy (non-hydrogen) atoms. The number of hydrogen-bond donors (Lipinski definition) is 1. The number of aliphatic carboxylic acids is 1. The summed E-state index contributed by atoms with van der Waals surface area (Å²) in [5.74, 6) is -1.60. The molecule has 2 aromatic heterocycles. The Bertz CT molecular complexity index is 900. The molecule has 0 unspecified atom stereocenters. The number of aromatic nitrogens is 3. The first-order valence-electron chi connectivity index (χ1n) is 6.31. The Hall–Kier alpha value is -2.25. The smallest absolute Gasteiger partial charge is 0.222 e. The maximum absolute atomic E-state index is 12.6. The van der Waals surface area contributed by atoms with Gasteiger partial charge in [-0.25, -0.2) is 0 Å². The average Bonchev–Trinajstić information content (AvgIpc) is 3.02. The first-order chi connectivity index (χ1) is 10.5. The molecule has 2 heterocycles. The summed E-state index contributed by atoms with van der Waals surface area (Å²) in [5.41, 5.74) is 1.69. The Morgan fingerprint density at radius 3 is 2.82 bits per heavy atom. The number of aryl methyl sites for hydroxylation is 1. The maximum Gasteiger partial charge on any atom is 0.222 e. The zero-order chi connectivity index (χ0) is 15.9. The van der Waals surface area contributed by atoms with Crippen LogP contribution in [0.25, 0.3) is 10.9 Å². The molecule has 0 saturated heterocycles. The van der Waals surface area contributed by atoms with Gasteiger partial charge in [-0.15, -0.1) is 5.10 Å². The summed E-state index contributed by atoms with van der Waals surface area (Å²) in [7, 11) is 0. The second-order valence-corrected chi connectivity index (χ2v) is 5.92. The highest BCUT2D eigenvalue weighted by atomic mass is 35.5. The van der Waals surface area contributed by atoms with Crippen LogP contribution >= 0.6 is 23.1 Å². The van der Waals surface area contributed by atoms with E-state index in [4.69, 9.17) is 11.6 Å². The van der Waals surface area contributed by atoms with Gasteiger partial charge in [0.25, 0.3) is 0 Å². The van der Waals surface area contributed by atoms with Gasteiger partial charge in [0, 0.05) is 28.3 Å². The van der Waals surface area contributed by atoms with E-state index in [0.717, 1.165) is 11.5 Å². The second kappa shape index (κ2) is 5.51. The number of aromatic amines is 1. The highest BCUT2D eigenvalue weighted by Gasteiger charge is 2.22. The van der Waals surface area contributed by atoms with Crippen molar-refractivity contribution in [2.45, 2.75) is 13.3 Å². The van der Waals surface area contributed by atoms with Crippen molar-refractivity contribution in [1.29, 1.82) is 0 Å². The van der Waals surface area contributed by atoms with Gasteiger partial charge in [0.2, 0.25) is 5.78 Å². The molecule has 1 N–H and O–H groups in total. The third-order valence-electron chi connectivity index (χ3n) is 3.27. The van der Waals surface area contributed by atoms with E-state index in [2.05, 4.69) is 14.6 Å². The van der Waals surface area contributed by atoms with Crippen LogP contribution in [-0.2, 0) is 11.2 Å². The standard InChI is InChI=1S/C14H10ClN3O3S/c1-6-14(22-18-17-6)13(21)12-9(5-11(19)20)8-3-2-7(15)4-10(8)16-12/h2-4,16H,5H2,1H3,(H,19,20)/p-1. The Morgan fingerprint density at radius 1 is 1.41 bits per heavy atom. The van der Waals surface area contributed by atoms with Crippen LogP contribution in [0.2, 0.25) is 5.02 Å². The Balaban J connectivity index is 2.21. The summed E-state index contributed by atoms with van der Waals surface area (Å²) in [6, 6.07) is 4.97. The number of carboxylic acids is 1. The van der Waals surface area contributed by atoms with Crippen molar-refractivity contribution < 1.29 is 14.7 Å². The van der Waals surface area contributed by atoms with Crippen LogP contribution in [0.5, 0.6) is 0 Å². The summed E-state index contributed by atoms with van der Waals surface area (Å²) in [6.45, 7) is 1.68. The van der Waals surface area contributed by atoms with E-state index in [0.29, 0.717) is 32.1 Å². The molecule has 0 bridgehead atoms. The van der Waals surface area contributed by atoms with Gasteiger partial charge in [-0.05, 0) is 36.2 Å². The Kier molecular flexibility index (Phi) is 3.67. The number of carboxylic acid groups (broad SMARTS) is 1. The van der Waals surface area contributed by atoms with E-state index in [1.165, 1.54) is 0 Å². The van der Waals surface area contributed by atoms with Crippen LogP contribution in [-0.4, -0.2) is 26.3 Å². The topological polar surface area (TPSA) is 98.8 Å². The van der Waals surface area contributed by atoms with Gasteiger partial charge in [0.15, 0.2) is 0 Å². The summed E-state index contributed by atoms with van der Waals surface area (Å²) in [6.07, 6.45) is -0.367. The SMILES string of the molecule is Cc1nnsc1C(=O)c1[nH]c2cc(Cl)ccc2c1CC(=O)[O-]. The fourth-order valence-corrected chi connectivity index (χ4v) is 3.08. The minimum atomic E-state index is -1.26. The fraction of sp³-hybridized carbons (Fsp3) is 0.143. The molecule has 0 amide bonds. The first-order valence-corrected chi connectivity index (χ1v) is 7.46. The number of carbonyl (C=O) groups is 2. The molecule has 1 aromatic carbocycles. The van der Waals surface area contributed by atoms with Crippen LogP contribution < -0.4 is 5.11 Å². The molecule has 3 aromatic rings. The van der Waals surface area contributed by atoms with E-state index in [1.54, 1.807) is 25.1 Å². The number of nitrogens with zero attached hydrogens (tertiary/aromatic N) is 2. The number of carbonyl (C=O) groups excluding carboxylic acids is 2. The minimum absolute atomic E-state index is 0.204. The number of hydrogen-bond acceptors (Lipinski definition) is 6. The molecule has 0 radical (unpaired) electrons. The van der Waals surface area contributed by atoms with E-state index in [-0.39, 0.29) is 17.9 Å². The van der Waals surface area contributed by atoms with Gasteiger partial charge in [-0.1, -0.05) is 22.2 Å². The van der Waals surface area contributed by atoms with Gasteiger partial charge >= 0.3 is 0 Å². The van der Waals surface area contributed by atoms with Gasteiger partial charge in [0.1, 0.15) is 4.88 Å². The molecule has 8 heteroatoms. The van der Waals surface area contributed by atoms with Crippen molar-refractivity contribution in [2.75, 3.05) is 0 Å². The van der Waals surface area contributed by atoms with E-state index in [1.807, 2.05) is 0 Å². The molecule has 0 aliphatic rings. The highest BCUT2D eigenvalue weighted by Crippen LogP contribution is 2.28. The van der Waals surface area contributed by atoms with E-state index in [9.17, 15) is 14.7 Å². The number of rotatable bonds is 4. The average molecular weight is 335 g/mol. The lowest BCUT2D eigenvalue weighted by molar-refractivity contribution is -0.304. The quantitative estimate of drug-likeness (QED) is 0.729. The number of nitrogens with one attached hydrogen (secondary N) is 1. The molecular weight excluding hydrogens is 326 g/mol. The van der Waals surface area contributed by atoms with Gasteiger partial charge < -0.3 is 14.9 Å². The molecule has 112 valence electrons. The summed E-state index contributed by atoms with van der Waals surface area (Å²) < 4.78 is 3.73. The van der Waals surface area contributed by atoms with Crippen molar-refractivity contribution in [2.24, 2.45) is 0 Å². The molecule has 3 rings (SSSR count). The minimum Gasteiger partial charge on any atom is -0.550 e. The number of fused-ring (bicyclic) bond motifs is 1. The lowest BCUT2D eigenvalue weighted by Crippen LogP contribution is -2.25. The molecule has 0 spiro atoms. The zero-order valence-corrected chi connectivity index (χ0v) is 12.9.